The molecule has 0 saturated carbocycles. The Labute approximate surface area is 172 Å². The lowest BCUT2D eigenvalue weighted by atomic mass is 10.2. The van der Waals surface area contributed by atoms with E-state index in [2.05, 4.69) is 21.5 Å². The molecule has 1 aromatic carbocycles. The van der Waals surface area contributed by atoms with Crippen molar-refractivity contribution in [3.8, 4) is 0 Å². The van der Waals surface area contributed by atoms with E-state index in [1.807, 2.05) is 25.1 Å². The van der Waals surface area contributed by atoms with E-state index in [9.17, 15) is 13.2 Å². The van der Waals surface area contributed by atoms with Crippen LogP contribution in [-0.4, -0.2) is 45.7 Å². The number of hydrogen-bond acceptors (Lipinski definition) is 7. The molecule has 0 spiro atoms. The minimum absolute atomic E-state index is 0.0681. The van der Waals surface area contributed by atoms with Crippen LogP contribution in [0.2, 0.25) is 0 Å². The highest BCUT2D eigenvalue weighted by Crippen LogP contribution is 2.34. The maximum atomic E-state index is 12.4. The number of rotatable bonds is 4. The van der Waals surface area contributed by atoms with E-state index >= 15 is 0 Å². The molecule has 0 radical (unpaired) electrons. The highest BCUT2D eigenvalue weighted by atomic mass is 32.2. The summed E-state index contributed by atoms with van der Waals surface area (Å²) in [6.07, 6.45) is 0.522. The summed E-state index contributed by atoms with van der Waals surface area (Å²) in [7, 11) is -3.02. The second-order valence-electron chi connectivity index (χ2n) is 6.80. The van der Waals surface area contributed by atoms with Gasteiger partial charge in [0.1, 0.15) is 10.2 Å². The normalized spacial score (nSPS) is 20.5. The molecule has 1 atom stereocenters. The van der Waals surface area contributed by atoms with Gasteiger partial charge < -0.3 is 5.32 Å². The predicted molar refractivity (Wildman–Crippen MR) is 115 cm³/mol. The quantitative estimate of drug-likeness (QED) is 0.791. The van der Waals surface area contributed by atoms with E-state index in [0.29, 0.717) is 12.2 Å². The number of aliphatic imine (C=N–C) groups is 1. The second-order valence-corrected chi connectivity index (χ2v) is 11.2. The Balaban J connectivity index is 1.39. The van der Waals surface area contributed by atoms with Crippen molar-refractivity contribution in [2.75, 3.05) is 22.6 Å². The molecule has 148 valence electrons. The summed E-state index contributed by atoms with van der Waals surface area (Å²) in [5, 5.41) is 7.27. The van der Waals surface area contributed by atoms with Crippen LogP contribution in [0.3, 0.4) is 0 Å². The molecule has 0 aliphatic carbocycles. The Morgan fingerprint density at radius 3 is 3.00 bits per heavy atom. The summed E-state index contributed by atoms with van der Waals surface area (Å²) < 4.78 is 26.1. The summed E-state index contributed by atoms with van der Waals surface area (Å²) >= 11 is 3.04. The molecular weight excluding hydrogens is 416 g/mol. The molecule has 7 nitrogen and oxygen atoms in total. The van der Waals surface area contributed by atoms with Crippen molar-refractivity contribution < 1.29 is 13.2 Å². The zero-order valence-electron chi connectivity index (χ0n) is 15.3. The number of sulfone groups is 1. The Morgan fingerprint density at radius 1 is 1.39 bits per heavy atom. The average molecular weight is 437 g/mol. The number of anilines is 1. The third-order valence-electron chi connectivity index (χ3n) is 4.56. The zero-order valence-corrected chi connectivity index (χ0v) is 17.7. The first-order valence-electron chi connectivity index (χ1n) is 8.88. The number of thioether (sulfide) groups is 2. The van der Waals surface area contributed by atoms with E-state index in [0.717, 1.165) is 21.5 Å². The predicted octanol–water partition coefficient (Wildman–Crippen LogP) is 3.16. The van der Waals surface area contributed by atoms with Crippen molar-refractivity contribution in [1.82, 2.24) is 9.78 Å². The molecule has 28 heavy (non-hydrogen) atoms. The van der Waals surface area contributed by atoms with Gasteiger partial charge in [-0.1, -0.05) is 41.7 Å². The number of carbonyl (C=O) groups is 1. The van der Waals surface area contributed by atoms with Crippen LogP contribution in [0.25, 0.3) is 0 Å². The van der Waals surface area contributed by atoms with Crippen molar-refractivity contribution in [2.24, 2.45) is 4.99 Å². The lowest BCUT2D eigenvalue weighted by molar-refractivity contribution is -0.113. The first-order chi connectivity index (χ1) is 13.4. The van der Waals surface area contributed by atoms with Crippen LogP contribution in [0, 0.1) is 6.92 Å². The van der Waals surface area contributed by atoms with Gasteiger partial charge in [0.15, 0.2) is 9.84 Å². The standard InChI is InChI=1S/C18H20N4O3S3/c1-12-8-16(22(21-12)14-6-7-28(24,25)11-14)20-17(23)10-27-18-19-15-5-3-2-4-13(15)9-26-18/h2-5,8,14H,6-7,9-11H2,1H3,(H,20,23). The monoisotopic (exact) mass is 436 g/mol. The van der Waals surface area contributed by atoms with Crippen molar-refractivity contribution in [3.05, 3.63) is 41.6 Å². The lowest BCUT2D eigenvalue weighted by Gasteiger charge is -2.15. The fraction of sp³-hybridized carbons (Fsp3) is 0.389. The Morgan fingerprint density at radius 2 is 2.21 bits per heavy atom. The molecule has 1 aromatic heterocycles. The van der Waals surface area contributed by atoms with Gasteiger partial charge in [0.25, 0.3) is 0 Å². The molecule has 2 aliphatic rings. The van der Waals surface area contributed by atoms with Crippen molar-refractivity contribution in [1.29, 1.82) is 0 Å². The molecule has 10 heteroatoms. The molecule has 1 unspecified atom stereocenters. The Bertz CT molecular complexity index is 1050. The van der Waals surface area contributed by atoms with E-state index in [1.165, 1.54) is 17.3 Å². The molecule has 3 heterocycles. The highest BCUT2D eigenvalue weighted by Gasteiger charge is 2.31. The molecule has 0 bridgehead atoms. The molecule has 2 aliphatic heterocycles. The topological polar surface area (TPSA) is 93.4 Å². The number of benzene rings is 1. The van der Waals surface area contributed by atoms with Gasteiger partial charge in [-0.05, 0) is 25.0 Å². The summed E-state index contributed by atoms with van der Waals surface area (Å²) in [6, 6.07) is 9.55. The van der Waals surface area contributed by atoms with Crippen molar-refractivity contribution in [2.45, 2.75) is 25.1 Å². The number of hydrogen-bond donors (Lipinski definition) is 1. The van der Waals surface area contributed by atoms with Crippen LogP contribution in [0.5, 0.6) is 0 Å². The maximum Gasteiger partial charge on any atom is 0.235 e. The summed E-state index contributed by atoms with van der Waals surface area (Å²) in [6.45, 7) is 1.83. The SMILES string of the molecule is Cc1cc(NC(=O)CSC2=Nc3ccccc3CS2)n(C2CCS(=O)(=O)C2)n1. The van der Waals surface area contributed by atoms with E-state index < -0.39 is 9.84 Å². The summed E-state index contributed by atoms with van der Waals surface area (Å²) in [5.41, 5.74) is 2.91. The summed E-state index contributed by atoms with van der Waals surface area (Å²) in [5.74, 6) is 1.71. The van der Waals surface area contributed by atoms with Crippen LogP contribution >= 0.6 is 23.5 Å². The lowest BCUT2D eigenvalue weighted by Crippen LogP contribution is -2.21. The van der Waals surface area contributed by atoms with E-state index in [1.54, 1.807) is 22.5 Å². The van der Waals surface area contributed by atoms with Crippen molar-refractivity contribution in [3.63, 3.8) is 0 Å². The summed E-state index contributed by atoms with van der Waals surface area (Å²) in [4.78, 5) is 17.1. The number of aryl methyl sites for hydroxylation is 1. The highest BCUT2D eigenvalue weighted by molar-refractivity contribution is 8.38. The van der Waals surface area contributed by atoms with Gasteiger partial charge in [0.2, 0.25) is 5.91 Å². The Kier molecular flexibility index (Phi) is 5.52. The maximum absolute atomic E-state index is 12.4. The molecule has 1 saturated heterocycles. The third kappa shape index (κ3) is 4.44. The first-order valence-corrected chi connectivity index (χ1v) is 12.7. The van der Waals surface area contributed by atoms with Gasteiger partial charge >= 0.3 is 0 Å². The van der Waals surface area contributed by atoms with E-state index in [4.69, 9.17) is 0 Å². The minimum Gasteiger partial charge on any atom is -0.310 e. The van der Waals surface area contributed by atoms with Gasteiger partial charge in [-0.25, -0.2) is 18.1 Å². The average Bonchev–Trinajstić information content (AvgIpc) is 3.21. The van der Waals surface area contributed by atoms with Crippen LogP contribution in [0.4, 0.5) is 11.5 Å². The van der Waals surface area contributed by atoms with Crippen molar-refractivity contribution >= 4 is 55.1 Å². The largest absolute Gasteiger partial charge is 0.310 e. The molecule has 1 amide bonds. The van der Waals surface area contributed by atoms with Crippen LogP contribution in [-0.2, 0) is 20.4 Å². The van der Waals surface area contributed by atoms with Crippen LogP contribution in [0.1, 0.15) is 23.7 Å². The molecule has 4 rings (SSSR count). The molecule has 2 aromatic rings. The van der Waals surface area contributed by atoms with E-state index in [-0.39, 0.29) is 29.2 Å². The molecule has 1 fully saturated rings. The number of fused-ring (bicyclic) bond motifs is 1. The number of aromatic nitrogens is 2. The minimum atomic E-state index is -3.02. The Hall–Kier alpha value is -1.78. The third-order valence-corrected chi connectivity index (χ3v) is 8.56. The second kappa shape index (κ2) is 7.92. The number of amides is 1. The van der Waals surface area contributed by atoms with Crippen LogP contribution in [0.15, 0.2) is 35.3 Å². The number of nitrogens with one attached hydrogen (secondary N) is 1. The number of nitrogens with zero attached hydrogens (tertiary/aromatic N) is 3. The van der Waals surface area contributed by atoms with Gasteiger partial charge in [0.05, 0.1) is 34.7 Å². The van der Waals surface area contributed by atoms with Gasteiger partial charge in [-0.15, -0.1) is 0 Å². The van der Waals surface area contributed by atoms with Gasteiger partial charge in [-0.3, -0.25) is 4.79 Å². The molecule has 1 N–H and O–H groups in total. The fourth-order valence-electron chi connectivity index (χ4n) is 3.25. The van der Waals surface area contributed by atoms with Crippen LogP contribution < -0.4 is 5.32 Å². The smallest absolute Gasteiger partial charge is 0.235 e. The number of para-hydroxylation sites is 1. The first kappa shape index (κ1) is 19.5. The zero-order chi connectivity index (χ0) is 19.7. The van der Waals surface area contributed by atoms with Gasteiger partial charge in [-0.2, -0.15) is 5.10 Å². The molecular formula is C18H20N4O3S3. The fourth-order valence-corrected chi connectivity index (χ4v) is 6.80. The number of carbonyl (C=O) groups excluding carboxylic acids is 1. The van der Waals surface area contributed by atoms with Gasteiger partial charge in [0, 0.05) is 11.8 Å².